The summed E-state index contributed by atoms with van der Waals surface area (Å²) in [7, 11) is -5.23. The number of carbonyl (C=O) groups is 1. The van der Waals surface area contributed by atoms with Crippen LogP contribution in [0, 0.1) is 21.4 Å². The molecule has 3 aliphatic rings. The van der Waals surface area contributed by atoms with Crippen LogP contribution >= 0.6 is 11.6 Å². The summed E-state index contributed by atoms with van der Waals surface area (Å²) in [5.41, 5.74) is 5.39. The molecule has 0 atom stereocenters. The number of H-pyrrole nitrogens is 1. The third kappa shape index (κ3) is 10.4. The van der Waals surface area contributed by atoms with E-state index < -0.39 is 41.2 Å². The Morgan fingerprint density at radius 1 is 1.05 bits per heavy atom. The second-order valence-corrected chi connectivity index (χ2v) is 22.5. The summed E-state index contributed by atoms with van der Waals surface area (Å²) >= 11 is 6.24. The Bertz CT molecular complexity index is 2830. The molecular weight excluding hydrogens is 876 g/mol. The maximum absolute atomic E-state index is 14.0. The SMILES string of the molecule is CN=S1(=O)CCC(CNc2ccc(S(=O)(=O)NC(=O)c3ccc(N4CCN(CC5=C(c6ccc(Cl)cc6)CC(C)(C)CC5)CC4)cc3Oc3cnc4[nH]ccc4c3)cc2[N+](=O)[O-])CC1. The number of nitrogens with one attached hydrogen (secondary N) is 3. The van der Waals surface area contributed by atoms with Crippen LogP contribution in [0.5, 0.6) is 11.5 Å². The smallest absolute Gasteiger partial charge is 0.293 e. The summed E-state index contributed by atoms with van der Waals surface area (Å²) in [5.74, 6) is 0.534. The van der Waals surface area contributed by atoms with Crippen LogP contribution in [0.2, 0.25) is 5.02 Å². The van der Waals surface area contributed by atoms with Crippen molar-refractivity contribution in [3.8, 4) is 11.5 Å². The van der Waals surface area contributed by atoms with Gasteiger partial charge in [0.05, 0.1) is 21.6 Å². The van der Waals surface area contributed by atoms with Crippen molar-refractivity contribution in [2.75, 3.05) is 68.0 Å². The maximum atomic E-state index is 14.0. The lowest BCUT2D eigenvalue weighted by Gasteiger charge is -2.39. The molecule has 2 aliphatic heterocycles. The Labute approximate surface area is 379 Å². The molecule has 8 rings (SSSR count). The summed E-state index contributed by atoms with van der Waals surface area (Å²) in [6.07, 6.45) is 7.75. The van der Waals surface area contributed by atoms with E-state index in [1.54, 1.807) is 31.4 Å². The molecule has 15 nitrogen and oxygen atoms in total. The van der Waals surface area contributed by atoms with Gasteiger partial charge in [0.2, 0.25) is 0 Å². The zero-order chi connectivity index (χ0) is 45.2. The summed E-state index contributed by atoms with van der Waals surface area (Å²) in [4.78, 5) is 37.2. The van der Waals surface area contributed by atoms with Gasteiger partial charge in [0.15, 0.2) is 0 Å². The Balaban J connectivity index is 0.991. The third-order valence-electron chi connectivity index (χ3n) is 12.7. The quantitative estimate of drug-likeness (QED) is 0.0756. The summed E-state index contributed by atoms with van der Waals surface area (Å²) in [6.45, 7) is 8.97. The molecule has 1 aliphatic carbocycles. The Hall–Kier alpha value is -5.49. The molecule has 0 bridgehead atoms. The lowest BCUT2D eigenvalue weighted by Crippen LogP contribution is -2.47. The van der Waals surface area contributed by atoms with Crippen molar-refractivity contribution in [3.63, 3.8) is 0 Å². The van der Waals surface area contributed by atoms with E-state index in [1.807, 2.05) is 18.2 Å². The van der Waals surface area contributed by atoms with E-state index in [0.717, 1.165) is 61.1 Å². The second kappa shape index (κ2) is 18.5. The van der Waals surface area contributed by atoms with Gasteiger partial charge in [0.25, 0.3) is 21.6 Å². The molecule has 2 fully saturated rings. The molecule has 5 aromatic rings. The predicted octanol–water partition coefficient (Wildman–Crippen LogP) is 8.74. The molecule has 2 aromatic heterocycles. The number of rotatable bonds is 13. The van der Waals surface area contributed by atoms with E-state index in [-0.39, 0.29) is 28.3 Å². The van der Waals surface area contributed by atoms with Crippen molar-refractivity contribution in [1.29, 1.82) is 0 Å². The number of allylic oxidation sites excluding steroid dienone is 1. The van der Waals surface area contributed by atoms with Gasteiger partial charge in [-0.3, -0.25) is 19.8 Å². The number of aromatic amines is 1. The largest absolute Gasteiger partial charge is 0.455 e. The van der Waals surface area contributed by atoms with E-state index in [4.69, 9.17) is 16.3 Å². The number of hydrogen-bond donors (Lipinski definition) is 3. The number of nitro groups is 1. The van der Waals surface area contributed by atoms with Gasteiger partial charge in [-0.15, -0.1) is 0 Å². The number of nitrogens with zero attached hydrogens (tertiary/aromatic N) is 5. The van der Waals surface area contributed by atoms with Crippen LogP contribution in [0.1, 0.15) is 61.9 Å². The van der Waals surface area contributed by atoms with E-state index >= 15 is 0 Å². The number of hydrogen-bond acceptors (Lipinski definition) is 12. The minimum atomic E-state index is -4.59. The molecule has 338 valence electrons. The molecule has 4 heterocycles. The fourth-order valence-electron chi connectivity index (χ4n) is 8.78. The van der Waals surface area contributed by atoms with Crippen molar-refractivity contribution < 1.29 is 27.1 Å². The number of fused-ring (bicyclic) bond motifs is 1. The molecule has 0 unspecified atom stereocenters. The molecular formula is C46H53ClN8O7S2. The number of anilines is 2. The molecule has 3 N–H and O–H groups in total. The standard InChI is InChI=1S/C46H53ClN8O7S2/c1-46(2)16-12-34(40(27-46)32-4-6-35(47)7-5-32)30-53-18-20-54(21-19-53)36-8-10-39(43(25-36)62-37-24-33-13-17-49-44(33)51-29-37)45(56)52-64(60,61)38-9-11-41(42(26-38)55(57)58)50-28-31-14-22-63(59,48-3)23-15-31/h4-11,13,17,24-26,29,31,50H,12,14-16,18-23,27-28,30H2,1-3H3,(H,49,51)(H,52,56). The maximum Gasteiger partial charge on any atom is 0.293 e. The highest BCUT2D eigenvalue weighted by molar-refractivity contribution is 7.93. The normalized spacial score (nSPS) is 20.5. The number of piperazine rings is 1. The van der Waals surface area contributed by atoms with E-state index in [2.05, 4.69) is 60.1 Å². The highest BCUT2D eigenvalue weighted by Crippen LogP contribution is 2.43. The summed E-state index contributed by atoms with van der Waals surface area (Å²) < 4.78 is 52.5. The van der Waals surface area contributed by atoms with Crippen molar-refractivity contribution in [3.05, 3.63) is 117 Å². The van der Waals surface area contributed by atoms with E-state index in [0.29, 0.717) is 55.4 Å². The van der Waals surface area contributed by atoms with Crippen LogP contribution in [-0.2, 0) is 19.8 Å². The lowest BCUT2D eigenvalue weighted by atomic mass is 9.72. The lowest BCUT2D eigenvalue weighted by molar-refractivity contribution is -0.384. The number of halogens is 1. The van der Waals surface area contributed by atoms with Crippen molar-refractivity contribution >= 4 is 70.9 Å². The van der Waals surface area contributed by atoms with Crippen molar-refractivity contribution in [2.45, 2.75) is 50.8 Å². The van der Waals surface area contributed by atoms with Gasteiger partial charge in [-0.25, -0.2) is 26.7 Å². The first-order chi connectivity index (χ1) is 30.6. The fourth-order valence-corrected chi connectivity index (χ4v) is 11.9. The van der Waals surface area contributed by atoms with Gasteiger partial charge in [0, 0.05) is 102 Å². The average Bonchev–Trinajstić information content (AvgIpc) is 3.75. The summed E-state index contributed by atoms with van der Waals surface area (Å²) in [6, 6.07) is 20.3. The van der Waals surface area contributed by atoms with Gasteiger partial charge in [-0.2, -0.15) is 0 Å². The number of carbonyl (C=O) groups excluding carboxylic acids is 1. The zero-order valence-electron chi connectivity index (χ0n) is 36.1. The Morgan fingerprint density at radius 3 is 2.52 bits per heavy atom. The van der Waals surface area contributed by atoms with Crippen molar-refractivity contribution in [2.24, 2.45) is 15.7 Å². The number of pyridine rings is 1. The van der Waals surface area contributed by atoms with E-state index in [1.165, 1.54) is 41.1 Å². The number of ether oxygens (including phenoxy) is 1. The number of aromatic nitrogens is 2. The Morgan fingerprint density at radius 2 is 1.80 bits per heavy atom. The van der Waals surface area contributed by atoms with Gasteiger partial charge in [0.1, 0.15) is 22.8 Å². The van der Waals surface area contributed by atoms with Crippen LogP contribution in [-0.4, -0.2) is 96.1 Å². The minimum absolute atomic E-state index is 0.0536. The zero-order valence-corrected chi connectivity index (χ0v) is 38.5. The van der Waals surface area contributed by atoms with Crippen LogP contribution in [0.3, 0.4) is 0 Å². The van der Waals surface area contributed by atoms with Crippen LogP contribution in [0.15, 0.2) is 100 Å². The molecule has 0 spiro atoms. The monoisotopic (exact) mass is 928 g/mol. The molecule has 3 aromatic carbocycles. The highest BCUT2D eigenvalue weighted by Gasteiger charge is 2.31. The number of nitro benzene ring substituents is 1. The second-order valence-electron chi connectivity index (χ2n) is 17.6. The topological polar surface area (TPSA) is 192 Å². The first kappa shape index (κ1) is 45.1. The first-order valence-electron chi connectivity index (χ1n) is 21.5. The molecule has 1 amide bonds. The van der Waals surface area contributed by atoms with Crippen molar-refractivity contribution in [1.82, 2.24) is 19.6 Å². The molecule has 18 heteroatoms. The summed E-state index contributed by atoms with van der Waals surface area (Å²) in [5, 5.41) is 16.7. The Kier molecular flexibility index (Phi) is 13.1. The predicted molar refractivity (Wildman–Crippen MR) is 252 cm³/mol. The minimum Gasteiger partial charge on any atom is -0.455 e. The molecule has 0 radical (unpaired) electrons. The van der Waals surface area contributed by atoms with E-state index in [9.17, 15) is 27.5 Å². The van der Waals surface area contributed by atoms with Crippen LogP contribution in [0.25, 0.3) is 16.6 Å². The molecule has 64 heavy (non-hydrogen) atoms. The fraction of sp³-hybridized carbons (Fsp3) is 0.391. The number of amides is 1. The number of benzene rings is 3. The van der Waals surface area contributed by atoms with Crippen LogP contribution < -0.4 is 19.7 Å². The first-order valence-corrected chi connectivity index (χ1v) is 25.2. The number of sulfonamides is 1. The third-order valence-corrected chi connectivity index (χ3v) is 16.6. The van der Waals surface area contributed by atoms with Gasteiger partial charge < -0.3 is 19.9 Å². The average molecular weight is 930 g/mol. The van der Waals surface area contributed by atoms with Gasteiger partial charge in [-0.1, -0.05) is 43.2 Å². The molecule has 2 saturated heterocycles. The van der Waals surface area contributed by atoms with Gasteiger partial charge >= 0.3 is 0 Å². The molecule has 0 saturated carbocycles. The highest BCUT2D eigenvalue weighted by atomic mass is 35.5. The van der Waals surface area contributed by atoms with Crippen LogP contribution in [0.4, 0.5) is 17.1 Å². The van der Waals surface area contributed by atoms with Gasteiger partial charge in [-0.05, 0) is 103 Å².